The van der Waals surface area contributed by atoms with Crippen molar-refractivity contribution in [2.45, 2.75) is 105 Å². The van der Waals surface area contributed by atoms with Gasteiger partial charge in [0.1, 0.15) is 0 Å². The summed E-state index contributed by atoms with van der Waals surface area (Å²) in [5.74, 6) is -1.09. The highest BCUT2D eigenvalue weighted by Crippen LogP contribution is 2.42. The van der Waals surface area contributed by atoms with Gasteiger partial charge in [-0.1, -0.05) is 46.5 Å². The summed E-state index contributed by atoms with van der Waals surface area (Å²) in [5.41, 5.74) is 12.7. The van der Waals surface area contributed by atoms with E-state index in [2.05, 4.69) is 56.7 Å². The van der Waals surface area contributed by atoms with Gasteiger partial charge in [-0.05, 0) is 93.0 Å². The predicted molar refractivity (Wildman–Crippen MR) is 191 cm³/mol. The number of aromatic amines is 2. The van der Waals surface area contributed by atoms with Gasteiger partial charge in [-0.3, -0.25) is 9.78 Å². The van der Waals surface area contributed by atoms with Crippen LogP contribution in [-0.2, 0) is 20.7 Å². The molecule has 2 atom stereocenters. The van der Waals surface area contributed by atoms with Crippen LogP contribution in [0.1, 0.15) is 133 Å². The maximum Gasteiger partial charge on any atom is 0.338 e. The SMILES string of the molecule is CCCCCCCOCC1=C(C)c2cc3nc(c(C)c4[nH]c(cc5[nH]c(cc1n2)c(C)c5CC)c(C)c4C(=O)O)[C@@H](CCOC=O)[C@@H]3C. The molecular formula is C39H50N4O5. The van der Waals surface area contributed by atoms with Crippen molar-refractivity contribution >= 4 is 45.7 Å². The largest absolute Gasteiger partial charge is 0.478 e. The van der Waals surface area contributed by atoms with Crippen LogP contribution in [0, 0.1) is 20.8 Å². The van der Waals surface area contributed by atoms with Crippen molar-refractivity contribution in [3.05, 3.63) is 68.8 Å². The third-order valence-corrected chi connectivity index (χ3v) is 10.2. The van der Waals surface area contributed by atoms with Crippen molar-refractivity contribution < 1.29 is 24.2 Å². The van der Waals surface area contributed by atoms with Crippen molar-refractivity contribution in [3.8, 4) is 0 Å². The molecule has 5 rings (SSSR count). The predicted octanol–water partition coefficient (Wildman–Crippen LogP) is 8.87. The quantitative estimate of drug-likeness (QED) is 0.117. The number of nitrogens with zero attached hydrogens (tertiary/aromatic N) is 2. The van der Waals surface area contributed by atoms with Gasteiger partial charge in [0.2, 0.25) is 0 Å². The molecule has 3 aromatic heterocycles. The molecule has 0 unspecified atom stereocenters. The number of carbonyl (C=O) groups is 2. The Morgan fingerprint density at radius 3 is 2.35 bits per heavy atom. The number of carbonyl (C=O) groups excluding carboxylic acids is 1. The summed E-state index contributed by atoms with van der Waals surface area (Å²) >= 11 is 0. The number of carboxylic acids is 1. The minimum atomic E-state index is -0.995. The summed E-state index contributed by atoms with van der Waals surface area (Å²) in [5, 5.41) is 10.4. The maximum atomic E-state index is 12.7. The van der Waals surface area contributed by atoms with Crippen LogP contribution in [-0.4, -0.2) is 57.3 Å². The van der Waals surface area contributed by atoms with E-state index in [1.54, 1.807) is 0 Å². The van der Waals surface area contributed by atoms with Crippen LogP contribution in [0.15, 0.2) is 18.2 Å². The molecule has 256 valence electrons. The van der Waals surface area contributed by atoms with Crippen LogP contribution >= 0.6 is 0 Å². The van der Waals surface area contributed by atoms with Crippen LogP contribution in [0.25, 0.3) is 33.2 Å². The number of nitrogens with one attached hydrogen (secondary N) is 2. The fourth-order valence-electron chi connectivity index (χ4n) is 7.23. The minimum Gasteiger partial charge on any atom is -0.478 e. The zero-order valence-electron chi connectivity index (χ0n) is 29.5. The molecule has 2 aliphatic rings. The van der Waals surface area contributed by atoms with Crippen molar-refractivity contribution in [1.82, 2.24) is 19.9 Å². The molecular weight excluding hydrogens is 604 g/mol. The molecule has 9 heteroatoms. The van der Waals surface area contributed by atoms with Gasteiger partial charge in [-0.15, -0.1) is 0 Å². The van der Waals surface area contributed by atoms with E-state index in [1.165, 1.54) is 31.2 Å². The first-order valence-corrected chi connectivity index (χ1v) is 17.4. The molecule has 0 saturated heterocycles. The fraction of sp³-hybridized carbons (Fsp3) is 0.487. The third-order valence-electron chi connectivity index (χ3n) is 10.2. The van der Waals surface area contributed by atoms with Crippen LogP contribution in [0.5, 0.6) is 0 Å². The molecule has 0 radical (unpaired) electrons. The Labute approximate surface area is 283 Å². The number of unbranched alkanes of at least 4 members (excludes halogenated alkanes) is 4. The molecule has 0 aromatic carbocycles. The number of aromatic carboxylic acids is 1. The second-order valence-electron chi connectivity index (χ2n) is 13.2. The number of ether oxygens (including phenoxy) is 2. The summed E-state index contributed by atoms with van der Waals surface area (Å²) in [4.78, 5) is 41.1. The number of allylic oxidation sites excluding steroid dienone is 1. The van der Waals surface area contributed by atoms with E-state index in [0.717, 1.165) is 74.4 Å². The van der Waals surface area contributed by atoms with Gasteiger partial charge in [0.25, 0.3) is 6.47 Å². The van der Waals surface area contributed by atoms with E-state index in [1.807, 2.05) is 19.9 Å². The number of aryl methyl sites for hydroxylation is 4. The molecule has 9 nitrogen and oxygen atoms in total. The molecule has 8 bridgehead atoms. The second-order valence-corrected chi connectivity index (χ2v) is 13.2. The maximum absolute atomic E-state index is 12.7. The Morgan fingerprint density at radius 1 is 0.896 bits per heavy atom. The first-order valence-electron chi connectivity index (χ1n) is 17.4. The molecule has 2 aliphatic heterocycles. The van der Waals surface area contributed by atoms with Crippen molar-refractivity contribution in [3.63, 3.8) is 0 Å². The Morgan fingerprint density at radius 2 is 1.65 bits per heavy atom. The number of fused-ring (bicyclic) bond motifs is 8. The molecule has 0 fully saturated rings. The Kier molecular flexibility index (Phi) is 11.2. The highest BCUT2D eigenvalue weighted by Gasteiger charge is 2.32. The summed E-state index contributed by atoms with van der Waals surface area (Å²) in [6.07, 6.45) is 7.30. The fourth-order valence-corrected chi connectivity index (χ4v) is 7.23. The number of rotatable bonds is 14. The van der Waals surface area contributed by atoms with E-state index in [0.29, 0.717) is 37.2 Å². The third kappa shape index (κ3) is 6.97. The van der Waals surface area contributed by atoms with Crippen LogP contribution < -0.4 is 0 Å². The van der Waals surface area contributed by atoms with E-state index in [4.69, 9.17) is 19.4 Å². The summed E-state index contributed by atoms with van der Waals surface area (Å²) in [6.45, 7) is 16.4. The lowest BCUT2D eigenvalue weighted by atomic mass is 9.87. The molecule has 0 amide bonds. The topological polar surface area (TPSA) is 130 Å². The van der Waals surface area contributed by atoms with Gasteiger partial charge < -0.3 is 24.5 Å². The first kappa shape index (κ1) is 35.1. The average molecular weight is 655 g/mol. The van der Waals surface area contributed by atoms with E-state index in [-0.39, 0.29) is 24.0 Å². The van der Waals surface area contributed by atoms with Gasteiger partial charge in [0.05, 0.1) is 35.7 Å². The van der Waals surface area contributed by atoms with Crippen molar-refractivity contribution in [2.75, 3.05) is 19.8 Å². The lowest BCUT2D eigenvalue weighted by molar-refractivity contribution is -0.128. The number of hydrogen-bond donors (Lipinski definition) is 3. The lowest BCUT2D eigenvalue weighted by Gasteiger charge is -2.16. The zero-order chi connectivity index (χ0) is 34.5. The summed E-state index contributed by atoms with van der Waals surface area (Å²) in [6, 6.07) is 6.20. The van der Waals surface area contributed by atoms with Crippen molar-refractivity contribution in [1.29, 1.82) is 0 Å². The molecule has 5 heterocycles. The Bertz CT molecular complexity index is 1880. The van der Waals surface area contributed by atoms with E-state index < -0.39 is 5.97 Å². The molecule has 0 aliphatic carbocycles. The standard InChI is InChI=1S/C39H50N4O5/c1-8-10-11-12-13-15-47-20-29-24(5)30-17-32-23(4)28(14-16-48-21-44)37(42-32)26(7)38-36(39(45)46)25(6)33(43-38)19-34-27(9-2)22(3)31(40-34)18-35(29)41-30/h17-19,21,23,28,40,43H,8-16,20H2,1-7H3,(H,45,46)/t23-,28-/m0/s1. The number of H-pyrrole nitrogens is 2. The first-order chi connectivity index (χ1) is 23.1. The molecule has 0 spiro atoms. The second kappa shape index (κ2) is 15.3. The lowest BCUT2D eigenvalue weighted by Crippen LogP contribution is -2.08. The number of hydrogen-bond acceptors (Lipinski definition) is 6. The molecule has 3 N–H and O–H groups in total. The smallest absolute Gasteiger partial charge is 0.338 e. The number of carboxylic acid groups (broad SMARTS) is 1. The average Bonchev–Trinajstić information content (AvgIpc) is 3.74. The zero-order valence-corrected chi connectivity index (χ0v) is 29.5. The molecule has 48 heavy (non-hydrogen) atoms. The highest BCUT2D eigenvalue weighted by molar-refractivity contribution is 6.02. The normalized spacial score (nSPS) is 16.1. The molecule has 3 aromatic rings. The molecule has 0 saturated carbocycles. The van der Waals surface area contributed by atoms with Crippen LogP contribution in [0.3, 0.4) is 0 Å². The van der Waals surface area contributed by atoms with Gasteiger partial charge in [0, 0.05) is 52.0 Å². The number of aromatic nitrogens is 4. The highest BCUT2D eigenvalue weighted by atomic mass is 16.5. The summed E-state index contributed by atoms with van der Waals surface area (Å²) in [7, 11) is 0. The van der Waals surface area contributed by atoms with Crippen LogP contribution in [0.2, 0.25) is 0 Å². The monoisotopic (exact) mass is 654 g/mol. The van der Waals surface area contributed by atoms with Crippen molar-refractivity contribution in [2.24, 2.45) is 0 Å². The summed E-state index contributed by atoms with van der Waals surface area (Å²) < 4.78 is 11.4. The Hall–Kier alpha value is -4.24. The van der Waals surface area contributed by atoms with Gasteiger partial charge in [-0.25, -0.2) is 9.78 Å². The van der Waals surface area contributed by atoms with Gasteiger partial charge >= 0.3 is 5.97 Å². The van der Waals surface area contributed by atoms with Gasteiger partial charge in [0.15, 0.2) is 0 Å². The minimum absolute atomic E-state index is 0.0116. The van der Waals surface area contributed by atoms with Crippen LogP contribution in [0.4, 0.5) is 0 Å². The van der Waals surface area contributed by atoms with Gasteiger partial charge in [-0.2, -0.15) is 0 Å². The Balaban J connectivity index is 1.77. The van der Waals surface area contributed by atoms with E-state index >= 15 is 0 Å². The van der Waals surface area contributed by atoms with E-state index in [9.17, 15) is 14.7 Å².